The third-order valence-corrected chi connectivity index (χ3v) is 10.3. The molecule has 5 aromatic rings. The van der Waals surface area contributed by atoms with Gasteiger partial charge in [-0.3, -0.25) is 19.1 Å². The first-order valence-corrected chi connectivity index (χ1v) is 17.1. The SMILES string of the molecule is CC(=O)N1CCc2c(c(-c3cccc4cc(-c5cnn(CC6CCN(c7ccc(C(=O)O)nn7)CC6)c5)ncc34)nn2C2CCOCC2)C1. The molecule has 0 radical (unpaired) electrons. The zero-order chi connectivity index (χ0) is 33.5. The summed E-state index contributed by atoms with van der Waals surface area (Å²) in [6, 6.07) is 12.0. The van der Waals surface area contributed by atoms with E-state index in [4.69, 9.17) is 19.9 Å². The Labute approximate surface area is 283 Å². The number of carboxylic acid groups (broad SMARTS) is 1. The summed E-state index contributed by atoms with van der Waals surface area (Å²) in [5.74, 6) is 0.190. The maximum Gasteiger partial charge on any atom is 0.356 e. The molecule has 1 N–H and O–H groups in total. The lowest BCUT2D eigenvalue weighted by Gasteiger charge is -2.32. The van der Waals surface area contributed by atoms with Gasteiger partial charge in [0.25, 0.3) is 0 Å². The van der Waals surface area contributed by atoms with E-state index in [0.717, 1.165) is 104 Å². The van der Waals surface area contributed by atoms with Gasteiger partial charge in [0.15, 0.2) is 11.5 Å². The summed E-state index contributed by atoms with van der Waals surface area (Å²) < 4.78 is 9.89. The van der Waals surface area contributed by atoms with Crippen molar-refractivity contribution in [2.45, 2.75) is 58.2 Å². The van der Waals surface area contributed by atoms with Crippen molar-refractivity contribution < 1.29 is 19.4 Å². The van der Waals surface area contributed by atoms with Crippen LogP contribution in [0.3, 0.4) is 0 Å². The second-order valence-corrected chi connectivity index (χ2v) is 13.3. The number of rotatable bonds is 7. The summed E-state index contributed by atoms with van der Waals surface area (Å²) in [6.45, 7) is 6.88. The summed E-state index contributed by atoms with van der Waals surface area (Å²) in [7, 11) is 0. The summed E-state index contributed by atoms with van der Waals surface area (Å²) in [5.41, 5.74) is 6.14. The minimum Gasteiger partial charge on any atom is -0.476 e. The Morgan fingerprint density at radius 1 is 1.00 bits per heavy atom. The number of hydrogen-bond donors (Lipinski definition) is 1. The molecule has 7 heterocycles. The highest BCUT2D eigenvalue weighted by molar-refractivity contribution is 5.97. The van der Waals surface area contributed by atoms with E-state index in [1.54, 1.807) is 13.0 Å². The number of anilines is 1. The Kier molecular flexibility index (Phi) is 8.28. The van der Waals surface area contributed by atoms with Gasteiger partial charge in [-0.25, -0.2) is 4.79 Å². The van der Waals surface area contributed by atoms with E-state index in [2.05, 4.69) is 55.3 Å². The van der Waals surface area contributed by atoms with E-state index >= 15 is 0 Å². The van der Waals surface area contributed by atoms with Crippen LogP contribution in [0.2, 0.25) is 0 Å². The van der Waals surface area contributed by atoms with Crippen LogP contribution in [0.5, 0.6) is 0 Å². The third-order valence-electron chi connectivity index (χ3n) is 10.3. The number of hydrogen-bond acceptors (Lipinski definition) is 9. The molecule has 252 valence electrons. The third kappa shape index (κ3) is 6.14. The lowest BCUT2D eigenvalue weighted by atomic mass is 9.96. The number of carboxylic acids is 1. The van der Waals surface area contributed by atoms with Crippen LogP contribution in [-0.4, -0.2) is 89.5 Å². The Hall–Kier alpha value is -5.17. The monoisotopic (exact) mass is 661 g/mol. The first-order valence-electron chi connectivity index (χ1n) is 17.1. The van der Waals surface area contributed by atoms with Crippen LogP contribution in [0.15, 0.2) is 55.0 Å². The highest BCUT2D eigenvalue weighted by Crippen LogP contribution is 2.37. The number of amides is 1. The Morgan fingerprint density at radius 3 is 2.59 bits per heavy atom. The Morgan fingerprint density at radius 2 is 1.84 bits per heavy atom. The molecule has 0 spiro atoms. The lowest BCUT2D eigenvalue weighted by molar-refractivity contribution is -0.129. The van der Waals surface area contributed by atoms with Gasteiger partial charge in [0, 0.05) is 99.4 Å². The van der Waals surface area contributed by atoms with Crippen molar-refractivity contribution in [3.05, 3.63) is 71.9 Å². The molecule has 0 atom stereocenters. The first-order chi connectivity index (χ1) is 23.9. The summed E-state index contributed by atoms with van der Waals surface area (Å²) in [5, 5.41) is 29.1. The molecular weight excluding hydrogens is 622 g/mol. The number of piperidine rings is 1. The summed E-state index contributed by atoms with van der Waals surface area (Å²) >= 11 is 0. The fourth-order valence-corrected chi connectivity index (χ4v) is 7.51. The van der Waals surface area contributed by atoms with Gasteiger partial charge in [-0.15, -0.1) is 10.2 Å². The molecule has 2 saturated heterocycles. The van der Waals surface area contributed by atoms with Gasteiger partial charge >= 0.3 is 5.97 Å². The standard InChI is InChI=1S/C36H39N9O4/c1-23(46)43-14-9-33-30(22-43)35(41-45(33)27-10-15-49-16-11-27)28-4-2-3-25-17-32(37-19-29(25)28)26-18-38-44(21-26)20-24-7-12-42(13-8-24)34-6-5-31(36(47)48)39-40-34/h2-6,17-19,21,24,27H,7-16,20,22H2,1H3,(H,47,48). The molecule has 13 nitrogen and oxygen atoms in total. The molecule has 3 aliphatic heterocycles. The van der Waals surface area contributed by atoms with Crippen LogP contribution >= 0.6 is 0 Å². The van der Waals surface area contributed by atoms with Crippen LogP contribution in [0.4, 0.5) is 5.82 Å². The van der Waals surface area contributed by atoms with Crippen molar-refractivity contribution in [2.24, 2.45) is 5.92 Å². The normalized spacial score (nSPS) is 17.4. The van der Waals surface area contributed by atoms with Crippen molar-refractivity contribution in [1.29, 1.82) is 0 Å². The van der Waals surface area contributed by atoms with Gasteiger partial charge in [0.05, 0.1) is 23.6 Å². The van der Waals surface area contributed by atoms with Crippen LogP contribution < -0.4 is 4.90 Å². The van der Waals surface area contributed by atoms with E-state index in [9.17, 15) is 9.59 Å². The first kappa shape index (κ1) is 31.1. The van der Waals surface area contributed by atoms with Crippen molar-refractivity contribution in [2.75, 3.05) is 37.7 Å². The van der Waals surface area contributed by atoms with Crippen molar-refractivity contribution in [3.63, 3.8) is 0 Å². The zero-order valence-electron chi connectivity index (χ0n) is 27.5. The number of nitrogens with zero attached hydrogens (tertiary/aromatic N) is 9. The largest absolute Gasteiger partial charge is 0.476 e. The summed E-state index contributed by atoms with van der Waals surface area (Å²) in [4.78, 5) is 32.5. The minimum absolute atomic E-state index is 0.0481. The number of benzene rings is 1. The maximum atomic E-state index is 12.4. The maximum absolute atomic E-state index is 12.4. The number of fused-ring (bicyclic) bond motifs is 2. The molecule has 0 bridgehead atoms. The number of ether oxygens (including phenoxy) is 1. The summed E-state index contributed by atoms with van der Waals surface area (Å²) in [6.07, 6.45) is 10.5. The molecule has 8 rings (SSSR count). The Balaban J connectivity index is 1.00. The van der Waals surface area contributed by atoms with Crippen LogP contribution in [0.25, 0.3) is 33.3 Å². The molecule has 1 amide bonds. The molecule has 49 heavy (non-hydrogen) atoms. The fraction of sp³-hybridized carbons (Fsp3) is 0.417. The molecule has 3 aliphatic rings. The highest BCUT2D eigenvalue weighted by Gasteiger charge is 2.31. The number of pyridine rings is 1. The van der Waals surface area contributed by atoms with Crippen LogP contribution in [0.1, 0.15) is 60.4 Å². The number of carbonyl (C=O) groups is 2. The van der Waals surface area contributed by atoms with Crippen molar-refractivity contribution in [1.82, 2.24) is 39.6 Å². The molecule has 0 unspecified atom stereocenters. The van der Waals surface area contributed by atoms with E-state index < -0.39 is 5.97 Å². The predicted octanol–water partition coefficient (Wildman–Crippen LogP) is 4.62. The quantitative estimate of drug-likeness (QED) is 0.262. The molecule has 13 heteroatoms. The molecule has 0 aliphatic carbocycles. The lowest BCUT2D eigenvalue weighted by Crippen LogP contribution is -2.35. The minimum atomic E-state index is -1.07. The van der Waals surface area contributed by atoms with E-state index in [1.807, 2.05) is 22.0 Å². The zero-order valence-corrected chi connectivity index (χ0v) is 27.5. The van der Waals surface area contributed by atoms with Gasteiger partial charge in [-0.1, -0.05) is 18.2 Å². The number of aromatic nitrogens is 7. The molecule has 4 aromatic heterocycles. The van der Waals surface area contributed by atoms with Crippen molar-refractivity contribution >= 4 is 28.5 Å². The van der Waals surface area contributed by atoms with Gasteiger partial charge in [0.1, 0.15) is 0 Å². The highest BCUT2D eigenvalue weighted by atomic mass is 16.5. The topological polar surface area (TPSA) is 144 Å². The van der Waals surface area contributed by atoms with Gasteiger partial charge in [-0.2, -0.15) is 10.2 Å². The fourth-order valence-electron chi connectivity index (χ4n) is 7.51. The van der Waals surface area contributed by atoms with E-state index in [0.29, 0.717) is 30.9 Å². The number of carbonyl (C=O) groups excluding carboxylic acids is 1. The molecule has 1 aromatic carbocycles. The van der Waals surface area contributed by atoms with Crippen LogP contribution in [-0.2, 0) is 29.0 Å². The van der Waals surface area contributed by atoms with Gasteiger partial charge in [-0.05, 0) is 55.2 Å². The second-order valence-electron chi connectivity index (χ2n) is 13.3. The van der Waals surface area contributed by atoms with Gasteiger partial charge in [0.2, 0.25) is 5.91 Å². The average molecular weight is 662 g/mol. The van der Waals surface area contributed by atoms with E-state index in [-0.39, 0.29) is 11.6 Å². The Bertz CT molecular complexity index is 2010. The predicted molar refractivity (Wildman–Crippen MR) is 182 cm³/mol. The molecular formula is C36H39N9O4. The van der Waals surface area contributed by atoms with Gasteiger partial charge < -0.3 is 19.6 Å². The smallest absolute Gasteiger partial charge is 0.356 e. The van der Waals surface area contributed by atoms with Crippen molar-refractivity contribution in [3.8, 4) is 22.5 Å². The molecule has 0 saturated carbocycles. The number of aromatic carboxylic acids is 1. The van der Waals surface area contributed by atoms with E-state index in [1.165, 1.54) is 11.8 Å². The van der Waals surface area contributed by atoms with Crippen LogP contribution in [0, 0.1) is 5.92 Å². The average Bonchev–Trinajstić information content (AvgIpc) is 3.76. The molecule has 2 fully saturated rings. The second kappa shape index (κ2) is 13.0.